The second-order valence-electron chi connectivity index (χ2n) is 4.79. The lowest BCUT2D eigenvalue weighted by molar-refractivity contribution is 0.0952. The SMILES string of the molecule is CNc1c(N)ccc(Cl)c1C(=O)NCc1ccc(OC)c(F)c1. The van der Waals surface area contributed by atoms with E-state index in [0.717, 1.165) is 0 Å². The number of rotatable bonds is 5. The summed E-state index contributed by atoms with van der Waals surface area (Å²) in [5.41, 5.74) is 7.55. The van der Waals surface area contributed by atoms with Gasteiger partial charge in [-0.2, -0.15) is 0 Å². The van der Waals surface area contributed by atoms with Crippen LogP contribution in [0.4, 0.5) is 15.8 Å². The van der Waals surface area contributed by atoms with E-state index in [2.05, 4.69) is 10.6 Å². The summed E-state index contributed by atoms with van der Waals surface area (Å²) in [5.74, 6) is -0.739. The van der Waals surface area contributed by atoms with Crippen molar-refractivity contribution < 1.29 is 13.9 Å². The Morgan fingerprint density at radius 1 is 1.35 bits per heavy atom. The Labute approximate surface area is 138 Å². The maximum Gasteiger partial charge on any atom is 0.255 e. The molecule has 122 valence electrons. The highest BCUT2D eigenvalue weighted by molar-refractivity contribution is 6.35. The fourth-order valence-electron chi connectivity index (χ4n) is 2.18. The molecule has 23 heavy (non-hydrogen) atoms. The molecule has 0 atom stereocenters. The van der Waals surface area contributed by atoms with Gasteiger partial charge in [0.15, 0.2) is 11.6 Å². The van der Waals surface area contributed by atoms with Gasteiger partial charge in [-0.05, 0) is 29.8 Å². The fourth-order valence-corrected chi connectivity index (χ4v) is 2.42. The molecular formula is C16H17ClFN3O2. The Hall–Kier alpha value is -2.47. The number of benzene rings is 2. The van der Waals surface area contributed by atoms with Gasteiger partial charge >= 0.3 is 0 Å². The zero-order valence-corrected chi connectivity index (χ0v) is 13.5. The maximum absolute atomic E-state index is 13.6. The number of carbonyl (C=O) groups is 1. The fraction of sp³-hybridized carbons (Fsp3) is 0.188. The maximum atomic E-state index is 13.6. The van der Waals surface area contributed by atoms with E-state index in [4.69, 9.17) is 22.1 Å². The molecule has 0 heterocycles. The lowest BCUT2D eigenvalue weighted by Gasteiger charge is -2.14. The third kappa shape index (κ3) is 3.65. The third-order valence-electron chi connectivity index (χ3n) is 3.33. The molecule has 7 heteroatoms. The topological polar surface area (TPSA) is 76.4 Å². The van der Waals surface area contributed by atoms with E-state index in [-0.39, 0.29) is 22.9 Å². The van der Waals surface area contributed by atoms with Crippen molar-refractivity contribution in [2.45, 2.75) is 6.54 Å². The number of nitrogens with two attached hydrogens (primary N) is 1. The minimum Gasteiger partial charge on any atom is -0.494 e. The predicted molar refractivity (Wildman–Crippen MR) is 89.5 cm³/mol. The normalized spacial score (nSPS) is 10.3. The highest BCUT2D eigenvalue weighted by atomic mass is 35.5. The van der Waals surface area contributed by atoms with Crippen molar-refractivity contribution in [1.82, 2.24) is 5.32 Å². The Kier molecular flexibility index (Phi) is 5.28. The van der Waals surface area contributed by atoms with Gasteiger partial charge in [0.05, 0.1) is 29.1 Å². The summed E-state index contributed by atoms with van der Waals surface area (Å²) >= 11 is 6.09. The number of amides is 1. The van der Waals surface area contributed by atoms with Crippen molar-refractivity contribution in [1.29, 1.82) is 0 Å². The standard InChI is InChI=1S/C16H17ClFN3O2/c1-20-15-12(19)5-4-10(17)14(15)16(22)21-8-9-3-6-13(23-2)11(18)7-9/h3-7,20H,8,19H2,1-2H3,(H,21,22). The van der Waals surface area contributed by atoms with Crippen LogP contribution in [-0.2, 0) is 6.54 Å². The second kappa shape index (κ2) is 7.19. The Morgan fingerprint density at radius 3 is 2.70 bits per heavy atom. The van der Waals surface area contributed by atoms with E-state index >= 15 is 0 Å². The summed E-state index contributed by atoms with van der Waals surface area (Å²) in [7, 11) is 3.04. The number of methoxy groups -OCH3 is 1. The van der Waals surface area contributed by atoms with Gasteiger partial charge in [-0.15, -0.1) is 0 Å². The Bertz CT molecular complexity index is 738. The van der Waals surface area contributed by atoms with Crippen LogP contribution in [0.5, 0.6) is 5.75 Å². The molecule has 2 aromatic carbocycles. The van der Waals surface area contributed by atoms with Gasteiger partial charge in [0, 0.05) is 13.6 Å². The smallest absolute Gasteiger partial charge is 0.255 e. The van der Waals surface area contributed by atoms with Gasteiger partial charge in [0.25, 0.3) is 5.91 Å². The monoisotopic (exact) mass is 337 g/mol. The van der Waals surface area contributed by atoms with Crippen molar-refractivity contribution in [3.8, 4) is 5.75 Å². The van der Waals surface area contributed by atoms with Gasteiger partial charge in [0.1, 0.15) is 0 Å². The highest BCUT2D eigenvalue weighted by Crippen LogP contribution is 2.30. The van der Waals surface area contributed by atoms with Crippen LogP contribution in [0, 0.1) is 5.82 Å². The largest absolute Gasteiger partial charge is 0.494 e. The highest BCUT2D eigenvalue weighted by Gasteiger charge is 2.17. The average molecular weight is 338 g/mol. The quantitative estimate of drug-likeness (QED) is 0.733. The van der Waals surface area contributed by atoms with E-state index in [0.29, 0.717) is 16.9 Å². The summed E-state index contributed by atoms with van der Waals surface area (Å²) < 4.78 is 18.5. The number of nitrogen functional groups attached to an aromatic ring is 1. The molecule has 0 aliphatic carbocycles. The summed E-state index contributed by atoms with van der Waals surface area (Å²) in [6, 6.07) is 7.65. The molecule has 0 aliphatic heterocycles. The van der Waals surface area contributed by atoms with E-state index in [9.17, 15) is 9.18 Å². The summed E-state index contributed by atoms with van der Waals surface area (Å²) in [4.78, 5) is 12.4. The lowest BCUT2D eigenvalue weighted by atomic mass is 10.1. The molecule has 0 spiro atoms. The molecule has 4 N–H and O–H groups in total. The van der Waals surface area contributed by atoms with Crippen molar-refractivity contribution in [2.24, 2.45) is 0 Å². The number of hydrogen-bond acceptors (Lipinski definition) is 4. The molecule has 0 bridgehead atoms. The second-order valence-corrected chi connectivity index (χ2v) is 5.20. The minimum atomic E-state index is -0.489. The van der Waals surface area contributed by atoms with E-state index in [1.807, 2.05) is 0 Å². The lowest BCUT2D eigenvalue weighted by Crippen LogP contribution is -2.24. The van der Waals surface area contributed by atoms with Gasteiger partial charge in [-0.25, -0.2) is 4.39 Å². The number of hydrogen-bond donors (Lipinski definition) is 3. The van der Waals surface area contributed by atoms with Crippen LogP contribution in [0.25, 0.3) is 0 Å². The Balaban J connectivity index is 2.17. The number of ether oxygens (including phenoxy) is 1. The van der Waals surface area contributed by atoms with Gasteiger partial charge < -0.3 is 21.1 Å². The molecule has 1 amide bonds. The van der Waals surface area contributed by atoms with Crippen LogP contribution in [0.3, 0.4) is 0 Å². The molecular weight excluding hydrogens is 321 g/mol. The first-order valence-electron chi connectivity index (χ1n) is 6.84. The predicted octanol–water partition coefficient (Wildman–Crippen LogP) is 3.04. The van der Waals surface area contributed by atoms with Crippen LogP contribution in [0.1, 0.15) is 15.9 Å². The molecule has 0 unspecified atom stereocenters. The van der Waals surface area contributed by atoms with E-state index in [1.165, 1.54) is 19.2 Å². The first-order valence-corrected chi connectivity index (χ1v) is 7.22. The summed E-state index contributed by atoms with van der Waals surface area (Å²) in [5, 5.41) is 5.84. The minimum absolute atomic E-state index is 0.147. The zero-order valence-electron chi connectivity index (χ0n) is 12.7. The van der Waals surface area contributed by atoms with Crippen molar-refractivity contribution in [3.63, 3.8) is 0 Å². The molecule has 2 rings (SSSR count). The number of nitrogens with one attached hydrogen (secondary N) is 2. The zero-order chi connectivity index (χ0) is 17.0. The number of carbonyl (C=O) groups excluding carboxylic acids is 1. The van der Waals surface area contributed by atoms with Crippen LogP contribution < -0.4 is 21.1 Å². The first kappa shape index (κ1) is 16.9. The molecule has 0 fully saturated rings. The van der Waals surface area contributed by atoms with Crippen molar-refractivity contribution in [3.05, 3.63) is 52.3 Å². The van der Waals surface area contributed by atoms with Crippen LogP contribution >= 0.6 is 11.6 Å². The van der Waals surface area contributed by atoms with Crippen molar-refractivity contribution in [2.75, 3.05) is 25.2 Å². The molecule has 0 aromatic heterocycles. The molecule has 0 radical (unpaired) electrons. The Morgan fingerprint density at radius 2 is 2.09 bits per heavy atom. The van der Waals surface area contributed by atoms with E-state index in [1.54, 1.807) is 25.2 Å². The molecule has 0 saturated heterocycles. The first-order chi connectivity index (χ1) is 11.0. The molecule has 2 aromatic rings. The number of anilines is 2. The average Bonchev–Trinajstić information content (AvgIpc) is 2.54. The van der Waals surface area contributed by atoms with Crippen LogP contribution in [0.2, 0.25) is 5.02 Å². The molecule has 5 nitrogen and oxygen atoms in total. The number of halogens is 2. The third-order valence-corrected chi connectivity index (χ3v) is 3.65. The summed E-state index contributed by atoms with van der Waals surface area (Å²) in [6.07, 6.45) is 0. The van der Waals surface area contributed by atoms with Gasteiger partial charge in [-0.3, -0.25) is 4.79 Å². The van der Waals surface area contributed by atoms with Crippen molar-refractivity contribution >= 4 is 28.9 Å². The van der Waals surface area contributed by atoms with Crippen LogP contribution in [-0.4, -0.2) is 20.1 Å². The van der Waals surface area contributed by atoms with Gasteiger partial charge in [0.2, 0.25) is 0 Å². The van der Waals surface area contributed by atoms with E-state index < -0.39 is 11.7 Å². The molecule has 0 aliphatic rings. The van der Waals surface area contributed by atoms with Crippen LogP contribution in [0.15, 0.2) is 30.3 Å². The summed E-state index contributed by atoms with van der Waals surface area (Å²) in [6.45, 7) is 0.147. The van der Waals surface area contributed by atoms with Gasteiger partial charge in [-0.1, -0.05) is 17.7 Å². The molecule has 0 saturated carbocycles.